The highest BCUT2D eigenvalue weighted by Gasteiger charge is 2.18. The summed E-state index contributed by atoms with van der Waals surface area (Å²) in [5, 5.41) is 26.7. The monoisotopic (exact) mass is 402 g/mol. The summed E-state index contributed by atoms with van der Waals surface area (Å²) in [5.74, 6) is 1.51. The second-order valence-electron chi connectivity index (χ2n) is 7.98. The maximum atomic E-state index is 10.1. The van der Waals surface area contributed by atoms with Crippen LogP contribution in [0, 0.1) is 5.41 Å². The summed E-state index contributed by atoms with van der Waals surface area (Å²) in [6.45, 7) is 7.16. The number of nitrogens with one attached hydrogen (secondary N) is 2. The number of benzene rings is 2. The van der Waals surface area contributed by atoms with Crippen molar-refractivity contribution in [3.05, 3.63) is 60.7 Å². The maximum absolute atomic E-state index is 10.1. The van der Waals surface area contributed by atoms with E-state index in [0.717, 1.165) is 24.6 Å². The molecule has 0 spiro atoms. The van der Waals surface area contributed by atoms with Gasteiger partial charge in [-0.1, -0.05) is 50.2 Å². The number of hydrogen-bond donors (Lipinski definition) is 4. The quantitative estimate of drug-likeness (QED) is 0.387. The van der Waals surface area contributed by atoms with Gasteiger partial charge in [0, 0.05) is 26.2 Å². The van der Waals surface area contributed by atoms with Gasteiger partial charge >= 0.3 is 0 Å². The summed E-state index contributed by atoms with van der Waals surface area (Å²) in [7, 11) is 0. The SMILES string of the molecule is CC(C)(CNCC(O)COc1ccccc1)CNCC(O)COc1ccccc1. The van der Waals surface area contributed by atoms with Crippen molar-refractivity contribution in [1.29, 1.82) is 0 Å². The molecule has 0 saturated heterocycles. The molecule has 2 aromatic carbocycles. The summed E-state index contributed by atoms with van der Waals surface area (Å²) in [4.78, 5) is 0. The molecule has 2 unspecified atom stereocenters. The van der Waals surface area contributed by atoms with Crippen LogP contribution >= 0.6 is 0 Å². The van der Waals surface area contributed by atoms with E-state index in [9.17, 15) is 10.2 Å². The Morgan fingerprint density at radius 2 is 1.10 bits per heavy atom. The van der Waals surface area contributed by atoms with Crippen LogP contribution in [-0.4, -0.2) is 61.8 Å². The van der Waals surface area contributed by atoms with Gasteiger partial charge in [0.1, 0.15) is 36.9 Å². The van der Waals surface area contributed by atoms with Crippen LogP contribution in [0.4, 0.5) is 0 Å². The van der Waals surface area contributed by atoms with Crippen molar-refractivity contribution in [2.75, 3.05) is 39.4 Å². The smallest absolute Gasteiger partial charge is 0.119 e. The molecule has 2 aromatic rings. The average Bonchev–Trinajstić information content (AvgIpc) is 2.72. The summed E-state index contributed by atoms with van der Waals surface area (Å²) >= 11 is 0. The molecule has 6 nitrogen and oxygen atoms in total. The molecule has 2 rings (SSSR count). The van der Waals surface area contributed by atoms with E-state index in [1.807, 2.05) is 60.7 Å². The Labute approximate surface area is 173 Å². The molecule has 0 radical (unpaired) electrons. The van der Waals surface area contributed by atoms with Crippen LogP contribution in [0.25, 0.3) is 0 Å². The zero-order valence-electron chi connectivity index (χ0n) is 17.4. The molecule has 29 heavy (non-hydrogen) atoms. The number of ether oxygens (including phenoxy) is 2. The van der Waals surface area contributed by atoms with E-state index < -0.39 is 12.2 Å². The Morgan fingerprint density at radius 1 is 0.724 bits per heavy atom. The number of hydrogen-bond acceptors (Lipinski definition) is 6. The van der Waals surface area contributed by atoms with Crippen molar-refractivity contribution < 1.29 is 19.7 Å². The van der Waals surface area contributed by atoms with Gasteiger partial charge in [-0.05, 0) is 29.7 Å². The van der Waals surface area contributed by atoms with Gasteiger partial charge in [-0.15, -0.1) is 0 Å². The summed E-state index contributed by atoms with van der Waals surface area (Å²) in [6, 6.07) is 18.9. The van der Waals surface area contributed by atoms with Gasteiger partial charge in [0.2, 0.25) is 0 Å². The molecule has 160 valence electrons. The third-order valence-electron chi connectivity index (χ3n) is 4.34. The summed E-state index contributed by atoms with van der Waals surface area (Å²) < 4.78 is 11.1. The Balaban J connectivity index is 1.54. The van der Waals surface area contributed by atoms with Crippen molar-refractivity contribution in [3.63, 3.8) is 0 Å². The molecule has 0 aliphatic heterocycles. The normalized spacial score (nSPS) is 13.7. The topological polar surface area (TPSA) is 83.0 Å². The minimum atomic E-state index is -0.573. The van der Waals surface area contributed by atoms with E-state index in [4.69, 9.17) is 9.47 Å². The van der Waals surface area contributed by atoms with Gasteiger partial charge in [0.15, 0.2) is 0 Å². The number of para-hydroxylation sites is 2. The number of aliphatic hydroxyl groups excluding tert-OH is 2. The maximum Gasteiger partial charge on any atom is 0.119 e. The minimum absolute atomic E-state index is 0.0278. The Hall–Kier alpha value is -2.12. The van der Waals surface area contributed by atoms with Crippen molar-refractivity contribution in [2.45, 2.75) is 26.1 Å². The molecule has 0 aromatic heterocycles. The summed E-state index contributed by atoms with van der Waals surface area (Å²) in [6.07, 6.45) is -1.15. The van der Waals surface area contributed by atoms with Crippen molar-refractivity contribution in [1.82, 2.24) is 10.6 Å². The second-order valence-corrected chi connectivity index (χ2v) is 7.98. The van der Waals surface area contributed by atoms with E-state index in [1.54, 1.807) is 0 Å². The van der Waals surface area contributed by atoms with E-state index >= 15 is 0 Å². The first-order valence-electron chi connectivity index (χ1n) is 10.1. The summed E-state index contributed by atoms with van der Waals surface area (Å²) in [5.41, 5.74) is -0.0278. The number of rotatable bonds is 14. The lowest BCUT2D eigenvalue weighted by Crippen LogP contribution is -2.43. The molecule has 6 heteroatoms. The van der Waals surface area contributed by atoms with Crippen LogP contribution in [0.15, 0.2) is 60.7 Å². The Bertz CT molecular complexity index is 610. The lowest BCUT2D eigenvalue weighted by Gasteiger charge is -2.27. The first-order valence-corrected chi connectivity index (χ1v) is 10.1. The molecule has 0 bridgehead atoms. The van der Waals surface area contributed by atoms with Gasteiger partial charge in [-0.3, -0.25) is 0 Å². The molecule has 2 atom stereocenters. The molecular formula is C23H34N2O4. The van der Waals surface area contributed by atoms with Crippen LogP contribution in [0.5, 0.6) is 11.5 Å². The van der Waals surface area contributed by atoms with Crippen molar-refractivity contribution >= 4 is 0 Å². The fraction of sp³-hybridized carbons (Fsp3) is 0.478. The lowest BCUT2D eigenvalue weighted by atomic mass is 9.93. The molecule has 0 heterocycles. The zero-order chi connectivity index (χ0) is 21.0. The molecule has 4 N–H and O–H groups in total. The third-order valence-corrected chi connectivity index (χ3v) is 4.34. The predicted octanol–water partition coefficient (Wildman–Crippen LogP) is 2.07. The molecule has 0 aliphatic rings. The first kappa shape index (κ1) is 23.2. The first-order chi connectivity index (χ1) is 13.9. The van der Waals surface area contributed by atoms with Gasteiger partial charge in [0.05, 0.1) is 0 Å². The standard InChI is InChI=1S/C23H34N2O4/c1-23(2,17-24-13-19(26)15-28-21-9-5-3-6-10-21)18-25-14-20(27)16-29-22-11-7-4-8-12-22/h3-12,19-20,24-27H,13-18H2,1-2H3. The van der Waals surface area contributed by atoms with E-state index in [-0.39, 0.29) is 18.6 Å². The Morgan fingerprint density at radius 3 is 1.48 bits per heavy atom. The van der Waals surface area contributed by atoms with Gasteiger partial charge in [-0.2, -0.15) is 0 Å². The van der Waals surface area contributed by atoms with Crippen LogP contribution in [-0.2, 0) is 0 Å². The third kappa shape index (κ3) is 10.3. The van der Waals surface area contributed by atoms with Crippen LogP contribution < -0.4 is 20.1 Å². The fourth-order valence-corrected chi connectivity index (χ4v) is 2.75. The van der Waals surface area contributed by atoms with Crippen molar-refractivity contribution in [2.24, 2.45) is 5.41 Å². The molecular weight excluding hydrogens is 368 g/mol. The van der Waals surface area contributed by atoms with Gasteiger partial charge in [0.25, 0.3) is 0 Å². The van der Waals surface area contributed by atoms with Crippen LogP contribution in [0.2, 0.25) is 0 Å². The predicted molar refractivity (Wildman–Crippen MR) is 115 cm³/mol. The van der Waals surface area contributed by atoms with Gasteiger partial charge in [-0.25, -0.2) is 0 Å². The molecule has 0 fully saturated rings. The van der Waals surface area contributed by atoms with E-state index in [0.29, 0.717) is 13.1 Å². The zero-order valence-corrected chi connectivity index (χ0v) is 17.4. The second kappa shape index (κ2) is 12.4. The highest BCUT2D eigenvalue weighted by molar-refractivity contribution is 5.21. The fourth-order valence-electron chi connectivity index (χ4n) is 2.75. The van der Waals surface area contributed by atoms with Gasteiger partial charge < -0.3 is 30.3 Å². The lowest BCUT2D eigenvalue weighted by molar-refractivity contribution is 0.0992. The van der Waals surface area contributed by atoms with E-state index in [2.05, 4.69) is 24.5 Å². The number of aliphatic hydroxyl groups is 2. The van der Waals surface area contributed by atoms with Crippen LogP contribution in [0.3, 0.4) is 0 Å². The van der Waals surface area contributed by atoms with E-state index in [1.165, 1.54) is 0 Å². The highest BCUT2D eigenvalue weighted by atomic mass is 16.5. The largest absolute Gasteiger partial charge is 0.491 e. The molecule has 0 aliphatic carbocycles. The Kier molecular flexibility index (Phi) is 9.94. The minimum Gasteiger partial charge on any atom is -0.491 e. The van der Waals surface area contributed by atoms with Crippen molar-refractivity contribution in [3.8, 4) is 11.5 Å². The molecule has 0 amide bonds. The highest BCUT2D eigenvalue weighted by Crippen LogP contribution is 2.12. The van der Waals surface area contributed by atoms with Crippen LogP contribution in [0.1, 0.15) is 13.8 Å². The average molecular weight is 403 g/mol. The molecule has 0 saturated carbocycles.